The number of nitrogens with zero attached hydrogens (tertiary/aromatic N) is 3. The summed E-state index contributed by atoms with van der Waals surface area (Å²) >= 11 is 5.18. The lowest BCUT2D eigenvalue weighted by Gasteiger charge is -2.12. The molecule has 1 aromatic heterocycles. The molecule has 0 saturated carbocycles. The van der Waals surface area contributed by atoms with Crippen molar-refractivity contribution in [3.63, 3.8) is 0 Å². The standard InChI is InChI=1S/C21H15FN4O4S/c1-11-15(16-8-14(26(29)30)6-7-18(16)23-11)9-17-19(27)24-21(31)25(20(17)28)10-12-2-4-13(22)5-3-12/h2-9,28H,10H2,1H3,(H,24,27,31)/b15-9+. The maximum Gasteiger partial charge on any atom is 0.270 e. The van der Waals surface area contributed by atoms with E-state index in [1.165, 1.54) is 41.0 Å². The smallest absolute Gasteiger partial charge is 0.270 e. The fraction of sp³-hybridized carbons (Fsp3) is 0.0952. The number of halogens is 1. The van der Waals surface area contributed by atoms with Gasteiger partial charge in [-0.15, -0.1) is 0 Å². The molecule has 0 bridgehead atoms. The summed E-state index contributed by atoms with van der Waals surface area (Å²) in [6.45, 7) is 1.81. The number of allylic oxidation sites excluding steroid dienone is 1. The van der Waals surface area contributed by atoms with Gasteiger partial charge in [0.2, 0.25) is 5.88 Å². The maximum absolute atomic E-state index is 13.2. The van der Waals surface area contributed by atoms with Crippen LogP contribution < -0.4 is 5.56 Å². The molecule has 31 heavy (non-hydrogen) atoms. The van der Waals surface area contributed by atoms with Crippen LogP contribution in [0.5, 0.6) is 5.88 Å². The van der Waals surface area contributed by atoms with Gasteiger partial charge in [0.15, 0.2) is 4.77 Å². The maximum atomic E-state index is 13.2. The van der Waals surface area contributed by atoms with Crippen molar-refractivity contribution in [2.75, 3.05) is 0 Å². The number of H-pyrrole nitrogens is 1. The molecule has 0 unspecified atom stereocenters. The highest BCUT2D eigenvalue weighted by molar-refractivity contribution is 7.71. The van der Waals surface area contributed by atoms with E-state index >= 15 is 0 Å². The Balaban J connectivity index is 1.84. The van der Waals surface area contributed by atoms with Gasteiger partial charge in [0, 0.05) is 29.0 Å². The van der Waals surface area contributed by atoms with E-state index in [4.69, 9.17) is 12.2 Å². The van der Waals surface area contributed by atoms with E-state index in [2.05, 4.69) is 9.98 Å². The van der Waals surface area contributed by atoms with Gasteiger partial charge in [-0.05, 0) is 49.0 Å². The van der Waals surface area contributed by atoms with Gasteiger partial charge >= 0.3 is 0 Å². The molecular weight excluding hydrogens is 423 g/mol. The quantitative estimate of drug-likeness (QED) is 0.357. The molecule has 0 saturated heterocycles. The first-order valence-electron chi connectivity index (χ1n) is 9.11. The van der Waals surface area contributed by atoms with Gasteiger partial charge in [-0.2, -0.15) is 0 Å². The van der Waals surface area contributed by atoms with E-state index in [9.17, 15) is 24.4 Å². The first-order chi connectivity index (χ1) is 14.7. The molecule has 0 aliphatic carbocycles. The number of hydrogen-bond donors (Lipinski definition) is 2. The number of hydrogen-bond acceptors (Lipinski definition) is 6. The van der Waals surface area contributed by atoms with Crippen LogP contribution in [0.15, 0.2) is 52.3 Å². The monoisotopic (exact) mass is 438 g/mol. The van der Waals surface area contributed by atoms with Crippen LogP contribution in [0.25, 0.3) is 11.6 Å². The molecule has 3 aromatic rings. The van der Waals surface area contributed by atoms with Crippen LogP contribution in [0.4, 0.5) is 15.8 Å². The predicted octanol–water partition coefficient (Wildman–Crippen LogP) is 4.35. The van der Waals surface area contributed by atoms with Gasteiger partial charge in [0.1, 0.15) is 11.4 Å². The second-order valence-electron chi connectivity index (χ2n) is 6.92. The number of aromatic amines is 1. The molecule has 2 aromatic carbocycles. The fourth-order valence-corrected chi connectivity index (χ4v) is 3.58. The Hall–Kier alpha value is -3.92. The van der Waals surface area contributed by atoms with Gasteiger partial charge in [-0.3, -0.25) is 29.5 Å². The van der Waals surface area contributed by atoms with Crippen LogP contribution in [-0.4, -0.2) is 25.3 Å². The first-order valence-corrected chi connectivity index (χ1v) is 9.52. The summed E-state index contributed by atoms with van der Waals surface area (Å²) in [4.78, 5) is 30.1. The van der Waals surface area contributed by atoms with Crippen LogP contribution in [0.2, 0.25) is 0 Å². The average molecular weight is 438 g/mol. The summed E-state index contributed by atoms with van der Waals surface area (Å²) in [5.74, 6) is -0.774. The fourth-order valence-electron chi connectivity index (χ4n) is 3.34. The second-order valence-corrected chi connectivity index (χ2v) is 7.31. The third kappa shape index (κ3) is 3.80. The highest BCUT2D eigenvalue weighted by Crippen LogP contribution is 2.38. The Kier molecular flexibility index (Phi) is 5.07. The van der Waals surface area contributed by atoms with Crippen molar-refractivity contribution in [3.8, 4) is 5.88 Å². The lowest BCUT2D eigenvalue weighted by molar-refractivity contribution is -0.384. The summed E-state index contributed by atoms with van der Waals surface area (Å²) in [6.07, 6.45) is 1.43. The lowest BCUT2D eigenvalue weighted by atomic mass is 10.0. The second kappa shape index (κ2) is 7.73. The minimum Gasteiger partial charge on any atom is -0.494 e. The highest BCUT2D eigenvalue weighted by Gasteiger charge is 2.22. The molecule has 8 nitrogen and oxygen atoms in total. The number of fused-ring (bicyclic) bond motifs is 1. The van der Waals surface area contributed by atoms with Crippen molar-refractivity contribution in [1.82, 2.24) is 9.55 Å². The number of non-ortho nitro benzene ring substituents is 1. The van der Waals surface area contributed by atoms with Crippen molar-refractivity contribution in [3.05, 3.63) is 90.2 Å². The molecule has 0 spiro atoms. The summed E-state index contributed by atoms with van der Waals surface area (Å²) in [5, 5.41) is 22.0. The SMILES string of the molecule is CC1=Nc2ccc([N+](=O)[O-])cc2/C1=C/c1c(O)n(Cc2ccc(F)cc2)c(=S)[nH]c1=O. The molecule has 156 valence electrons. The number of nitro groups is 1. The third-order valence-corrected chi connectivity index (χ3v) is 5.23. The van der Waals surface area contributed by atoms with E-state index < -0.39 is 16.3 Å². The van der Waals surface area contributed by atoms with Crippen molar-refractivity contribution >= 4 is 41.0 Å². The third-order valence-electron chi connectivity index (χ3n) is 4.91. The van der Waals surface area contributed by atoms with E-state index in [-0.39, 0.29) is 28.4 Å². The number of aromatic nitrogens is 2. The number of aromatic hydroxyl groups is 1. The Bertz CT molecular complexity index is 1400. The van der Waals surface area contributed by atoms with Gasteiger partial charge in [0.25, 0.3) is 11.2 Å². The van der Waals surface area contributed by atoms with Crippen LogP contribution in [0.3, 0.4) is 0 Å². The highest BCUT2D eigenvalue weighted by atomic mass is 32.1. The molecule has 1 aliphatic rings. The van der Waals surface area contributed by atoms with Crippen molar-refractivity contribution in [2.24, 2.45) is 4.99 Å². The molecule has 2 heterocycles. The summed E-state index contributed by atoms with van der Waals surface area (Å²) in [7, 11) is 0. The van der Waals surface area contributed by atoms with Crippen LogP contribution in [0.1, 0.15) is 23.6 Å². The van der Waals surface area contributed by atoms with Crippen LogP contribution >= 0.6 is 12.2 Å². The van der Waals surface area contributed by atoms with E-state index in [0.29, 0.717) is 28.1 Å². The first kappa shape index (κ1) is 20.4. The van der Waals surface area contributed by atoms with Gasteiger partial charge in [-0.25, -0.2) is 4.39 Å². The zero-order chi connectivity index (χ0) is 22.3. The average Bonchev–Trinajstić information content (AvgIpc) is 3.03. The van der Waals surface area contributed by atoms with E-state index in [1.54, 1.807) is 19.1 Å². The number of nitro benzene ring substituents is 1. The zero-order valence-electron chi connectivity index (χ0n) is 16.1. The Morgan fingerprint density at radius 1 is 1.29 bits per heavy atom. The van der Waals surface area contributed by atoms with Crippen molar-refractivity contribution < 1.29 is 14.4 Å². The number of rotatable bonds is 4. The number of benzene rings is 2. The summed E-state index contributed by atoms with van der Waals surface area (Å²) in [5.41, 5.74) is 1.91. The predicted molar refractivity (Wildman–Crippen MR) is 117 cm³/mol. The Labute approximate surface area is 179 Å². The topological polar surface area (TPSA) is 114 Å². The van der Waals surface area contributed by atoms with Gasteiger partial charge in [-0.1, -0.05) is 12.1 Å². The molecule has 1 aliphatic heterocycles. The largest absolute Gasteiger partial charge is 0.494 e. The van der Waals surface area contributed by atoms with Gasteiger partial charge in [0.05, 0.1) is 17.2 Å². The summed E-state index contributed by atoms with van der Waals surface area (Å²) < 4.78 is 14.5. The van der Waals surface area contributed by atoms with Crippen LogP contribution in [0, 0.1) is 20.7 Å². The molecule has 4 rings (SSSR count). The lowest BCUT2D eigenvalue weighted by Crippen LogP contribution is -2.17. The zero-order valence-corrected chi connectivity index (χ0v) is 16.9. The van der Waals surface area contributed by atoms with Crippen molar-refractivity contribution in [1.29, 1.82) is 0 Å². The van der Waals surface area contributed by atoms with Crippen LogP contribution in [-0.2, 0) is 6.54 Å². The van der Waals surface area contributed by atoms with Crippen molar-refractivity contribution in [2.45, 2.75) is 13.5 Å². The molecule has 0 atom stereocenters. The summed E-state index contributed by atoms with van der Waals surface area (Å²) in [6, 6.07) is 9.92. The van der Waals surface area contributed by atoms with E-state index in [0.717, 1.165) is 0 Å². The molecule has 2 N–H and O–H groups in total. The van der Waals surface area contributed by atoms with Gasteiger partial charge < -0.3 is 5.11 Å². The molecule has 0 amide bonds. The number of nitrogens with one attached hydrogen (secondary N) is 1. The molecule has 10 heteroatoms. The number of aliphatic imine (C=N–C) groups is 1. The Morgan fingerprint density at radius 3 is 2.68 bits per heavy atom. The molecule has 0 fully saturated rings. The van der Waals surface area contributed by atoms with E-state index in [1.807, 2.05) is 0 Å². The minimum atomic E-state index is -0.614. The minimum absolute atomic E-state index is 0.00169. The molecular formula is C21H15FN4O4S. The molecule has 0 radical (unpaired) electrons. The normalized spacial score (nSPS) is 13.9. The Morgan fingerprint density at radius 2 is 2.00 bits per heavy atom.